The lowest BCUT2D eigenvalue weighted by atomic mass is 10.1. The Morgan fingerprint density at radius 3 is 2.71 bits per heavy atom. The van der Waals surface area contributed by atoms with E-state index in [1.54, 1.807) is 0 Å². The van der Waals surface area contributed by atoms with Crippen LogP contribution in [0.4, 0.5) is 0 Å². The van der Waals surface area contributed by atoms with E-state index in [-0.39, 0.29) is 18.3 Å². The molecule has 1 aliphatic heterocycles. The lowest BCUT2D eigenvalue weighted by Gasteiger charge is -2.31. The molecule has 4 nitrogen and oxygen atoms in total. The summed E-state index contributed by atoms with van der Waals surface area (Å²) in [5.74, 6) is 0.414. The molecule has 1 amide bonds. The van der Waals surface area contributed by atoms with Gasteiger partial charge in [-0.2, -0.15) is 0 Å². The first-order valence-electron chi connectivity index (χ1n) is 7.13. The highest BCUT2D eigenvalue weighted by Gasteiger charge is 2.25. The van der Waals surface area contributed by atoms with Crippen LogP contribution in [0.5, 0.6) is 0 Å². The average Bonchev–Trinajstić information content (AvgIpc) is 2.89. The Balaban J connectivity index is 0.00000161. The topological polar surface area (TPSA) is 45.5 Å². The summed E-state index contributed by atoms with van der Waals surface area (Å²) in [6, 6.07) is 8.11. The maximum atomic E-state index is 12.5. The van der Waals surface area contributed by atoms with Gasteiger partial charge in [0, 0.05) is 18.5 Å². The van der Waals surface area contributed by atoms with Gasteiger partial charge in [0.25, 0.3) is 5.91 Å². The Morgan fingerprint density at radius 1 is 1.29 bits per heavy atom. The summed E-state index contributed by atoms with van der Waals surface area (Å²) in [5.41, 5.74) is 1.95. The smallest absolute Gasteiger partial charge is 0.289 e. The molecule has 2 heterocycles. The Hall–Kier alpha value is -1.52. The number of amides is 1. The van der Waals surface area contributed by atoms with Crippen molar-refractivity contribution < 1.29 is 9.21 Å². The third kappa shape index (κ3) is 3.22. The normalized spacial score (nSPS) is 15.7. The molecule has 21 heavy (non-hydrogen) atoms. The number of nitrogens with zero attached hydrogens (tertiary/aromatic N) is 1. The zero-order chi connectivity index (χ0) is 14.1. The van der Waals surface area contributed by atoms with Gasteiger partial charge in [0.05, 0.1) is 0 Å². The lowest BCUT2D eigenvalue weighted by molar-refractivity contribution is 0.0673. The molecular weight excluding hydrogens is 288 g/mol. The van der Waals surface area contributed by atoms with Crippen molar-refractivity contribution in [1.29, 1.82) is 0 Å². The second-order valence-corrected chi connectivity index (χ2v) is 5.55. The largest absolute Gasteiger partial charge is 0.451 e. The minimum absolute atomic E-state index is 0. The summed E-state index contributed by atoms with van der Waals surface area (Å²) < 4.78 is 5.69. The van der Waals surface area contributed by atoms with Gasteiger partial charge < -0.3 is 14.6 Å². The molecule has 1 aliphatic rings. The number of aryl methyl sites for hydroxylation is 1. The number of fused-ring (bicyclic) bond motifs is 1. The molecule has 1 aromatic heterocycles. The Kier molecular flexibility index (Phi) is 4.91. The van der Waals surface area contributed by atoms with Crippen molar-refractivity contribution in [2.45, 2.75) is 25.8 Å². The number of carbonyl (C=O) groups is 1. The maximum absolute atomic E-state index is 12.5. The molecule has 2 aromatic rings. The molecule has 0 unspecified atom stereocenters. The van der Waals surface area contributed by atoms with Crippen LogP contribution in [0, 0.1) is 6.92 Å². The first-order valence-corrected chi connectivity index (χ1v) is 7.13. The number of furan rings is 1. The number of carbonyl (C=O) groups excluding carboxylic acids is 1. The first-order chi connectivity index (χ1) is 9.65. The average molecular weight is 309 g/mol. The molecule has 3 rings (SSSR count). The number of piperidine rings is 1. The molecule has 0 atom stereocenters. The molecule has 114 valence electrons. The van der Waals surface area contributed by atoms with Gasteiger partial charge in [-0.3, -0.25) is 4.79 Å². The first kappa shape index (κ1) is 15.9. The van der Waals surface area contributed by atoms with E-state index in [1.807, 2.05) is 43.1 Å². The summed E-state index contributed by atoms with van der Waals surface area (Å²) in [6.07, 6.45) is 2.00. The molecular formula is C16H21ClN2O2. The van der Waals surface area contributed by atoms with Crippen molar-refractivity contribution in [3.8, 4) is 0 Å². The molecule has 5 heteroatoms. The van der Waals surface area contributed by atoms with Crippen molar-refractivity contribution in [3.05, 3.63) is 35.6 Å². The van der Waals surface area contributed by atoms with Gasteiger partial charge in [-0.15, -0.1) is 12.4 Å². The number of halogens is 1. The van der Waals surface area contributed by atoms with Gasteiger partial charge in [0.1, 0.15) is 5.58 Å². The number of rotatable bonds is 2. The maximum Gasteiger partial charge on any atom is 0.289 e. The van der Waals surface area contributed by atoms with Crippen molar-refractivity contribution in [2.75, 3.05) is 20.1 Å². The minimum atomic E-state index is -0.0225. The minimum Gasteiger partial charge on any atom is -0.451 e. The van der Waals surface area contributed by atoms with Gasteiger partial charge in [-0.25, -0.2) is 0 Å². The van der Waals surface area contributed by atoms with Crippen LogP contribution in [-0.4, -0.2) is 37.0 Å². The van der Waals surface area contributed by atoms with E-state index >= 15 is 0 Å². The molecule has 1 saturated heterocycles. The van der Waals surface area contributed by atoms with Crippen LogP contribution in [0.25, 0.3) is 11.0 Å². The van der Waals surface area contributed by atoms with Crippen LogP contribution in [-0.2, 0) is 0 Å². The molecule has 0 saturated carbocycles. The van der Waals surface area contributed by atoms with Crippen LogP contribution in [0.15, 0.2) is 28.7 Å². The second kappa shape index (κ2) is 6.50. The molecule has 0 spiro atoms. The number of hydrogen-bond donors (Lipinski definition) is 1. The van der Waals surface area contributed by atoms with Crippen LogP contribution < -0.4 is 5.32 Å². The van der Waals surface area contributed by atoms with Crippen LogP contribution >= 0.6 is 12.4 Å². The van der Waals surface area contributed by atoms with E-state index in [2.05, 4.69) is 5.32 Å². The zero-order valence-corrected chi connectivity index (χ0v) is 13.2. The van der Waals surface area contributed by atoms with Crippen LogP contribution in [0.2, 0.25) is 0 Å². The third-order valence-corrected chi connectivity index (χ3v) is 4.06. The number of benzene rings is 1. The predicted molar refractivity (Wildman–Crippen MR) is 86.2 cm³/mol. The van der Waals surface area contributed by atoms with E-state index < -0.39 is 0 Å². The molecule has 1 fully saturated rings. The molecule has 0 radical (unpaired) electrons. The van der Waals surface area contributed by atoms with E-state index in [1.165, 1.54) is 5.56 Å². The summed E-state index contributed by atoms with van der Waals surface area (Å²) in [4.78, 5) is 14.3. The highest BCUT2D eigenvalue weighted by Crippen LogP contribution is 2.22. The lowest BCUT2D eigenvalue weighted by Crippen LogP contribution is -2.43. The molecule has 0 bridgehead atoms. The van der Waals surface area contributed by atoms with E-state index in [4.69, 9.17) is 4.42 Å². The van der Waals surface area contributed by atoms with Gasteiger partial charge >= 0.3 is 0 Å². The summed E-state index contributed by atoms with van der Waals surface area (Å²) >= 11 is 0. The summed E-state index contributed by atoms with van der Waals surface area (Å²) in [7, 11) is 1.87. The molecule has 1 N–H and O–H groups in total. The fourth-order valence-corrected chi connectivity index (χ4v) is 2.80. The van der Waals surface area contributed by atoms with Crippen molar-refractivity contribution in [2.24, 2.45) is 0 Å². The summed E-state index contributed by atoms with van der Waals surface area (Å²) in [5, 5.41) is 4.31. The Labute approximate surface area is 130 Å². The van der Waals surface area contributed by atoms with Crippen LogP contribution in [0.3, 0.4) is 0 Å². The molecule has 0 aliphatic carbocycles. The van der Waals surface area contributed by atoms with E-state index in [0.29, 0.717) is 11.8 Å². The zero-order valence-electron chi connectivity index (χ0n) is 12.4. The Bertz CT molecular complexity index is 632. The van der Waals surface area contributed by atoms with E-state index in [9.17, 15) is 4.79 Å². The van der Waals surface area contributed by atoms with Gasteiger partial charge in [0.15, 0.2) is 5.76 Å². The van der Waals surface area contributed by atoms with Crippen LogP contribution in [0.1, 0.15) is 29.0 Å². The highest BCUT2D eigenvalue weighted by atomic mass is 35.5. The van der Waals surface area contributed by atoms with E-state index in [0.717, 1.165) is 36.9 Å². The standard InChI is InChI=1S/C16H20N2O2.ClH/c1-11-3-4-14-12(9-11)10-15(20-14)16(19)18(2)13-5-7-17-8-6-13;/h3-4,9-10,13,17H,5-8H2,1-2H3;1H. The third-order valence-electron chi connectivity index (χ3n) is 4.06. The van der Waals surface area contributed by atoms with Gasteiger partial charge in [0.2, 0.25) is 0 Å². The SMILES string of the molecule is Cc1ccc2oc(C(=O)N(C)C3CCNCC3)cc2c1.Cl. The Morgan fingerprint density at radius 2 is 2.00 bits per heavy atom. The van der Waals surface area contributed by atoms with Crippen molar-refractivity contribution in [3.63, 3.8) is 0 Å². The van der Waals surface area contributed by atoms with Gasteiger partial charge in [-0.1, -0.05) is 11.6 Å². The number of hydrogen-bond acceptors (Lipinski definition) is 3. The fourth-order valence-electron chi connectivity index (χ4n) is 2.80. The van der Waals surface area contributed by atoms with Gasteiger partial charge in [-0.05, 0) is 51.1 Å². The highest BCUT2D eigenvalue weighted by molar-refractivity contribution is 5.96. The molecule has 1 aromatic carbocycles. The van der Waals surface area contributed by atoms with Crippen molar-refractivity contribution in [1.82, 2.24) is 10.2 Å². The monoisotopic (exact) mass is 308 g/mol. The predicted octanol–water partition coefficient (Wildman–Crippen LogP) is 2.99. The number of nitrogens with one attached hydrogen (secondary N) is 1. The van der Waals surface area contributed by atoms with Crippen molar-refractivity contribution >= 4 is 29.3 Å². The fraction of sp³-hybridized carbons (Fsp3) is 0.438. The summed E-state index contributed by atoms with van der Waals surface area (Å²) in [6.45, 7) is 3.98. The second-order valence-electron chi connectivity index (χ2n) is 5.55. The quantitative estimate of drug-likeness (QED) is 0.927.